The molecule has 3 rings (SSSR count). The fraction of sp³-hybridized carbons (Fsp3) is 0.562. The summed E-state index contributed by atoms with van der Waals surface area (Å²) in [7, 11) is 0. The number of ether oxygens (including phenoxy) is 2. The average Bonchev–Trinajstić information content (AvgIpc) is 2.50. The molecule has 7 heteroatoms. The quantitative estimate of drug-likeness (QED) is 0.900. The van der Waals surface area contributed by atoms with Crippen LogP contribution in [0.5, 0.6) is 5.88 Å². The minimum absolute atomic E-state index is 0.0413. The Kier molecular flexibility index (Phi) is 4.47. The third-order valence-corrected chi connectivity index (χ3v) is 4.14. The van der Waals surface area contributed by atoms with Crippen LogP contribution in [0.15, 0.2) is 18.3 Å². The van der Waals surface area contributed by atoms with Gasteiger partial charge in [-0.25, -0.2) is 9.78 Å². The maximum Gasteiger partial charge on any atom is 0.334 e. The van der Waals surface area contributed by atoms with Crippen molar-refractivity contribution >= 4 is 11.9 Å². The lowest BCUT2D eigenvalue weighted by molar-refractivity contribution is -0.160. The number of morpholine rings is 1. The van der Waals surface area contributed by atoms with Gasteiger partial charge in [-0.3, -0.25) is 4.79 Å². The number of hydrogen-bond donors (Lipinski definition) is 1. The van der Waals surface area contributed by atoms with Crippen molar-refractivity contribution in [3.05, 3.63) is 23.9 Å². The Balaban J connectivity index is 1.71. The fourth-order valence-corrected chi connectivity index (χ4v) is 2.70. The molecule has 23 heavy (non-hydrogen) atoms. The first-order valence-corrected chi connectivity index (χ1v) is 7.83. The Bertz CT molecular complexity index is 602. The highest BCUT2D eigenvalue weighted by molar-refractivity contribution is 5.94. The molecule has 1 aromatic rings. The van der Waals surface area contributed by atoms with Crippen molar-refractivity contribution in [2.75, 3.05) is 13.1 Å². The molecule has 1 N–H and O–H groups in total. The highest BCUT2D eigenvalue weighted by Crippen LogP contribution is 2.24. The van der Waals surface area contributed by atoms with E-state index in [0.29, 0.717) is 18.0 Å². The summed E-state index contributed by atoms with van der Waals surface area (Å²) in [5, 5.41) is 9.11. The van der Waals surface area contributed by atoms with Crippen LogP contribution in [0, 0.1) is 0 Å². The number of rotatable bonds is 4. The Morgan fingerprint density at radius 1 is 1.39 bits per heavy atom. The first kappa shape index (κ1) is 15.7. The van der Waals surface area contributed by atoms with Gasteiger partial charge in [-0.1, -0.05) is 0 Å². The van der Waals surface area contributed by atoms with Crippen molar-refractivity contribution < 1.29 is 24.2 Å². The Morgan fingerprint density at radius 2 is 2.17 bits per heavy atom. The molecule has 1 aliphatic carbocycles. The van der Waals surface area contributed by atoms with Crippen LogP contribution in [0.3, 0.4) is 0 Å². The number of amides is 1. The summed E-state index contributed by atoms with van der Waals surface area (Å²) in [5.74, 6) is -0.845. The molecule has 1 aliphatic heterocycles. The molecule has 1 unspecified atom stereocenters. The summed E-state index contributed by atoms with van der Waals surface area (Å²) in [6, 6.07) is 3.24. The van der Waals surface area contributed by atoms with Crippen molar-refractivity contribution in [2.45, 2.75) is 44.5 Å². The van der Waals surface area contributed by atoms with Gasteiger partial charge < -0.3 is 19.5 Å². The molecule has 2 atom stereocenters. The lowest BCUT2D eigenvalue weighted by Gasteiger charge is -2.35. The van der Waals surface area contributed by atoms with E-state index in [1.165, 1.54) is 4.90 Å². The van der Waals surface area contributed by atoms with E-state index in [0.717, 1.165) is 19.3 Å². The van der Waals surface area contributed by atoms with Crippen molar-refractivity contribution in [1.82, 2.24) is 9.88 Å². The van der Waals surface area contributed by atoms with Gasteiger partial charge in [-0.2, -0.15) is 0 Å². The standard InChI is InChI=1S/C16H20N2O5/c1-10-8-18(9-13(22-10)16(20)21)15(19)11-5-6-17-14(7-11)23-12-3-2-4-12/h5-7,10,12-13H,2-4,8-9H2,1H3,(H,20,21)/t10-,13?/m1/s1. The van der Waals surface area contributed by atoms with Gasteiger partial charge >= 0.3 is 5.97 Å². The van der Waals surface area contributed by atoms with Crippen LogP contribution in [0.1, 0.15) is 36.5 Å². The molecule has 1 saturated heterocycles. The molecular formula is C16H20N2O5. The molecule has 2 aliphatic rings. The maximum absolute atomic E-state index is 12.6. The summed E-state index contributed by atoms with van der Waals surface area (Å²) in [6.07, 6.45) is 3.61. The molecule has 1 saturated carbocycles. The smallest absolute Gasteiger partial charge is 0.334 e. The molecular weight excluding hydrogens is 300 g/mol. The van der Waals surface area contributed by atoms with Gasteiger partial charge in [-0.15, -0.1) is 0 Å². The highest BCUT2D eigenvalue weighted by atomic mass is 16.5. The lowest BCUT2D eigenvalue weighted by atomic mass is 9.96. The Morgan fingerprint density at radius 3 is 2.83 bits per heavy atom. The second-order valence-corrected chi connectivity index (χ2v) is 6.04. The second-order valence-electron chi connectivity index (χ2n) is 6.04. The molecule has 0 spiro atoms. The first-order chi connectivity index (χ1) is 11.0. The summed E-state index contributed by atoms with van der Waals surface area (Å²) in [5.41, 5.74) is 0.451. The molecule has 2 fully saturated rings. The van der Waals surface area contributed by atoms with Crippen molar-refractivity contribution in [3.8, 4) is 5.88 Å². The topological polar surface area (TPSA) is 89.0 Å². The van der Waals surface area contributed by atoms with E-state index >= 15 is 0 Å². The third-order valence-electron chi connectivity index (χ3n) is 4.14. The van der Waals surface area contributed by atoms with E-state index in [1.807, 2.05) is 0 Å². The number of carboxylic acid groups (broad SMARTS) is 1. The molecule has 124 valence electrons. The summed E-state index contributed by atoms with van der Waals surface area (Å²) >= 11 is 0. The number of pyridine rings is 1. The Labute approximate surface area is 134 Å². The number of aliphatic carboxylic acids is 1. The van der Waals surface area contributed by atoms with E-state index in [1.54, 1.807) is 25.3 Å². The molecule has 0 bridgehead atoms. The second kappa shape index (κ2) is 6.54. The highest BCUT2D eigenvalue weighted by Gasteiger charge is 2.33. The molecule has 0 radical (unpaired) electrons. The number of carbonyl (C=O) groups is 2. The average molecular weight is 320 g/mol. The van der Waals surface area contributed by atoms with Gasteiger partial charge in [0, 0.05) is 24.4 Å². The maximum atomic E-state index is 12.6. The molecule has 1 aromatic heterocycles. The molecule has 1 amide bonds. The lowest BCUT2D eigenvalue weighted by Crippen LogP contribution is -2.51. The molecule has 0 aromatic carbocycles. The van der Waals surface area contributed by atoms with Crippen LogP contribution in [0.2, 0.25) is 0 Å². The van der Waals surface area contributed by atoms with Crippen LogP contribution < -0.4 is 4.74 Å². The van der Waals surface area contributed by atoms with Gasteiger partial charge in [0.15, 0.2) is 6.10 Å². The predicted octanol–water partition coefficient (Wildman–Crippen LogP) is 1.33. The van der Waals surface area contributed by atoms with Crippen LogP contribution >= 0.6 is 0 Å². The van der Waals surface area contributed by atoms with E-state index < -0.39 is 12.1 Å². The fourth-order valence-electron chi connectivity index (χ4n) is 2.70. The zero-order valence-corrected chi connectivity index (χ0v) is 13.0. The SMILES string of the molecule is C[C@@H]1CN(C(=O)c2ccnc(OC3CCC3)c2)CC(C(=O)O)O1. The van der Waals surface area contributed by atoms with Gasteiger partial charge in [0.2, 0.25) is 5.88 Å². The van der Waals surface area contributed by atoms with Gasteiger partial charge in [0.05, 0.1) is 12.6 Å². The van der Waals surface area contributed by atoms with Crippen molar-refractivity contribution in [1.29, 1.82) is 0 Å². The van der Waals surface area contributed by atoms with E-state index in [9.17, 15) is 9.59 Å². The van der Waals surface area contributed by atoms with Crippen molar-refractivity contribution in [2.24, 2.45) is 0 Å². The van der Waals surface area contributed by atoms with Crippen LogP contribution in [-0.2, 0) is 9.53 Å². The van der Waals surface area contributed by atoms with Crippen LogP contribution in [-0.4, -0.2) is 58.3 Å². The van der Waals surface area contributed by atoms with Gasteiger partial charge in [0.1, 0.15) is 6.10 Å². The number of hydrogen-bond acceptors (Lipinski definition) is 5. The number of aromatic nitrogens is 1. The molecule has 7 nitrogen and oxygen atoms in total. The minimum Gasteiger partial charge on any atom is -0.479 e. The molecule has 2 heterocycles. The predicted molar refractivity (Wildman–Crippen MR) is 80.4 cm³/mol. The largest absolute Gasteiger partial charge is 0.479 e. The summed E-state index contributed by atoms with van der Waals surface area (Å²) in [4.78, 5) is 29.4. The van der Waals surface area contributed by atoms with E-state index in [4.69, 9.17) is 14.6 Å². The zero-order valence-electron chi connectivity index (χ0n) is 13.0. The zero-order chi connectivity index (χ0) is 16.4. The minimum atomic E-state index is -1.06. The first-order valence-electron chi connectivity index (χ1n) is 7.83. The Hall–Kier alpha value is -2.15. The third kappa shape index (κ3) is 3.61. The monoisotopic (exact) mass is 320 g/mol. The number of carboxylic acids is 1. The van der Waals surface area contributed by atoms with Gasteiger partial charge in [0.25, 0.3) is 5.91 Å². The van der Waals surface area contributed by atoms with E-state index in [-0.39, 0.29) is 24.7 Å². The number of carbonyl (C=O) groups excluding carboxylic acids is 1. The number of nitrogens with zero attached hydrogens (tertiary/aromatic N) is 2. The van der Waals surface area contributed by atoms with Crippen LogP contribution in [0.4, 0.5) is 0 Å². The summed E-state index contributed by atoms with van der Waals surface area (Å²) < 4.78 is 11.0. The van der Waals surface area contributed by atoms with Crippen molar-refractivity contribution in [3.63, 3.8) is 0 Å². The van der Waals surface area contributed by atoms with E-state index in [2.05, 4.69) is 4.98 Å². The normalized spacial score (nSPS) is 24.8. The summed E-state index contributed by atoms with van der Waals surface area (Å²) in [6.45, 7) is 2.16. The van der Waals surface area contributed by atoms with Gasteiger partial charge in [-0.05, 0) is 32.3 Å². The van der Waals surface area contributed by atoms with Crippen LogP contribution in [0.25, 0.3) is 0 Å².